The summed E-state index contributed by atoms with van der Waals surface area (Å²) in [6, 6.07) is 0. The zero-order valence-corrected chi connectivity index (χ0v) is 8.39. The maximum absolute atomic E-state index is 5.63. The molecule has 0 atom stereocenters. The van der Waals surface area contributed by atoms with Crippen LogP contribution in [0.4, 0.5) is 0 Å². The number of aromatic nitrogens is 4. The van der Waals surface area contributed by atoms with Crippen molar-refractivity contribution in [2.45, 2.75) is 38.6 Å². The van der Waals surface area contributed by atoms with Gasteiger partial charge in [-0.1, -0.05) is 6.42 Å². The van der Waals surface area contributed by atoms with E-state index in [9.17, 15) is 0 Å². The van der Waals surface area contributed by atoms with Crippen LogP contribution in [0.3, 0.4) is 0 Å². The lowest BCUT2D eigenvalue weighted by Gasteiger charge is -2.42. The number of hydrogen-bond donors (Lipinski definition) is 1. The Morgan fingerprint density at radius 3 is 2.71 bits per heavy atom. The summed E-state index contributed by atoms with van der Waals surface area (Å²) in [5, 5.41) is 11.1. The molecule has 1 heterocycles. The smallest absolute Gasteiger partial charge is 0.138 e. The molecule has 0 spiro atoms. The van der Waals surface area contributed by atoms with Gasteiger partial charge in [0.1, 0.15) is 6.33 Å². The Bertz CT molecular complexity index is 265. The van der Waals surface area contributed by atoms with Gasteiger partial charge >= 0.3 is 0 Å². The van der Waals surface area contributed by atoms with Gasteiger partial charge < -0.3 is 5.73 Å². The van der Waals surface area contributed by atoms with Gasteiger partial charge in [-0.3, -0.25) is 0 Å². The minimum atomic E-state index is 0.501. The third kappa shape index (κ3) is 1.92. The first-order chi connectivity index (χ1) is 6.85. The molecule has 0 amide bonds. The van der Waals surface area contributed by atoms with Gasteiger partial charge in [0, 0.05) is 6.54 Å². The molecule has 0 aliphatic heterocycles. The van der Waals surface area contributed by atoms with Crippen molar-refractivity contribution in [3.63, 3.8) is 0 Å². The highest BCUT2D eigenvalue weighted by Gasteiger charge is 2.35. The van der Waals surface area contributed by atoms with Crippen LogP contribution < -0.4 is 5.73 Å². The molecule has 5 nitrogen and oxygen atoms in total. The Morgan fingerprint density at radius 2 is 2.21 bits per heavy atom. The minimum absolute atomic E-state index is 0.501. The van der Waals surface area contributed by atoms with Crippen molar-refractivity contribution in [2.24, 2.45) is 11.1 Å². The SMILES string of the molecule is NCCC1(CCn2cnnn2)CCC1. The van der Waals surface area contributed by atoms with Crippen LogP contribution in [-0.4, -0.2) is 26.8 Å². The second-order valence-corrected chi connectivity index (χ2v) is 4.22. The van der Waals surface area contributed by atoms with Crippen molar-refractivity contribution in [3.8, 4) is 0 Å². The van der Waals surface area contributed by atoms with Crippen LogP contribution in [0.5, 0.6) is 0 Å². The molecular formula is C9H17N5. The van der Waals surface area contributed by atoms with Gasteiger partial charge in [-0.05, 0) is 48.1 Å². The third-order valence-corrected chi connectivity index (χ3v) is 3.35. The molecule has 0 bridgehead atoms. The Morgan fingerprint density at radius 1 is 1.36 bits per heavy atom. The van der Waals surface area contributed by atoms with E-state index in [1.807, 2.05) is 0 Å². The molecular weight excluding hydrogens is 178 g/mol. The molecule has 1 aromatic rings. The average Bonchev–Trinajstić information content (AvgIpc) is 2.62. The molecule has 1 fully saturated rings. The van der Waals surface area contributed by atoms with Gasteiger partial charge in [0.25, 0.3) is 0 Å². The average molecular weight is 195 g/mol. The Balaban J connectivity index is 1.83. The van der Waals surface area contributed by atoms with Gasteiger partial charge in [-0.25, -0.2) is 4.68 Å². The zero-order valence-electron chi connectivity index (χ0n) is 8.39. The van der Waals surface area contributed by atoms with Gasteiger partial charge in [0.15, 0.2) is 0 Å². The summed E-state index contributed by atoms with van der Waals surface area (Å²) in [5.41, 5.74) is 6.13. The van der Waals surface area contributed by atoms with Crippen LogP contribution in [0.2, 0.25) is 0 Å². The van der Waals surface area contributed by atoms with E-state index in [-0.39, 0.29) is 0 Å². The molecule has 0 aromatic carbocycles. The predicted molar refractivity (Wildman–Crippen MR) is 52.4 cm³/mol. The van der Waals surface area contributed by atoms with E-state index in [1.54, 1.807) is 11.0 Å². The molecule has 14 heavy (non-hydrogen) atoms. The molecule has 0 saturated heterocycles. The predicted octanol–water partition coefficient (Wildman–Crippen LogP) is 0.582. The summed E-state index contributed by atoms with van der Waals surface area (Å²) in [6.45, 7) is 1.72. The molecule has 0 unspecified atom stereocenters. The normalized spacial score (nSPS) is 19.2. The number of hydrogen-bond acceptors (Lipinski definition) is 4. The second kappa shape index (κ2) is 4.04. The standard InChI is InChI=1S/C9H17N5/c10-6-4-9(2-1-3-9)5-7-14-8-11-12-13-14/h8H,1-7,10H2. The van der Waals surface area contributed by atoms with Crippen molar-refractivity contribution < 1.29 is 0 Å². The number of aryl methyl sites for hydroxylation is 1. The summed E-state index contributed by atoms with van der Waals surface area (Å²) in [6.07, 6.45) is 7.99. The lowest BCUT2D eigenvalue weighted by Crippen LogP contribution is -2.33. The Kier molecular flexibility index (Phi) is 2.77. The Labute approximate surface area is 83.7 Å². The van der Waals surface area contributed by atoms with Crippen molar-refractivity contribution in [3.05, 3.63) is 6.33 Å². The van der Waals surface area contributed by atoms with Crippen molar-refractivity contribution in [1.29, 1.82) is 0 Å². The molecule has 2 rings (SSSR count). The summed E-state index contributed by atoms with van der Waals surface area (Å²) >= 11 is 0. The fourth-order valence-corrected chi connectivity index (χ4v) is 2.24. The Hall–Kier alpha value is -0.970. The minimum Gasteiger partial charge on any atom is -0.330 e. The highest BCUT2D eigenvalue weighted by Crippen LogP contribution is 2.46. The van der Waals surface area contributed by atoms with E-state index >= 15 is 0 Å². The number of nitrogens with two attached hydrogens (primary N) is 1. The van der Waals surface area contributed by atoms with Crippen molar-refractivity contribution >= 4 is 0 Å². The maximum Gasteiger partial charge on any atom is 0.138 e. The number of nitrogens with zero attached hydrogens (tertiary/aromatic N) is 4. The first-order valence-electron chi connectivity index (χ1n) is 5.26. The fraction of sp³-hybridized carbons (Fsp3) is 0.889. The quantitative estimate of drug-likeness (QED) is 0.746. The van der Waals surface area contributed by atoms with Crippen molar-refractivity contribution in [2.75, 3.05) is 6.54 Å². The molecule has 1 aliphatic rings. The van der Waals surface area contributed by atoms with E-state index in [0.29, 0.717) is 5.41 Å². The van der Waals surface area contributed by atoms with Crippen LogP contribution >= 0.6 is 0 Å². The molecule has 0 radical (unpaired) electrons. The van der Waals surface area contributed by atoms with E-state index in [1.165, 1.54) is 19.3 Å². The molecule has 1 saturated carbocycles. The highest BCUT2D eigenvalue weighted by molar-refractivity contribution is 4.87. The first-order valence-corrected chi connectivity index (χ1v) is 5.26. The van der Waals surface area contributed by atoms with Crippen LogP contribution in [0.25, 0.3) is 0 Å². The van der Waals surface area contributed by atoms with E-state index in [2.05, 4.69) is 15.5 Å². The zero-order chi connectivity index (χ0) is 9.86. The molecule has 5 heteroatoms. The van der Waals surface area contributed by atoms with E-state index < -0.39 is 0 Å². The van der Waals surface area contributed by atoms with Gasteiger partial charge in [0.05, 0.1) is 0 Å². The lowest BCUT2D eigenvalue weighted by atomic mass is 9.64. The molecule has 78 valence electrons. The van der Waals surface area contributed by atoms with Gasteiger partial charge in [-0.15, -0.1) is 5.10 Å². The molecule has 1 aliphatic carbocycles. The van der Waals surface area contributed by atoms with E-state index in [4.69, 9.17) is 5.73 Å². The molecule has 2 N–H and O–H groups in total. The summed E-state index contributed by atoms with van der Waals surface area (Å²) in [7, 11) is 0. The number of tetrazole rings is 1. The fourth-order valence-electron chi connectivity index (χ4n) is 2.24. The van der Waals surface area contributed by atoms with Gasteiger partial charge in [-0.2, -0.15) is 0 Å². The highest BCUT2D eigenvalue weighted by atomic mass is 15.5. The third-order valence-electron chi connectivity index (χ3n) is 3.35. The lowest BCUT2D eigenvalue weighted by molar-refractivity contribution is 0.101. The van der Waals surface area contributed by atoms with Crippen LogP contribution in [0.15, 0.2) is 6.33 Å². The van der Waals surface area contributed by atoms with E-state index in [0.717, 1.165) is 25.9 Å². The maximum atomic E-state index is 5.63. The summed E-state index contributed by atoms with van der Waals surface area (Å²) in [4.78, 5) is 0. The van der Waals surface area contributed by atoms with Crippen LogP contribution in [-0.2, 0) is 6.54 Å². The van der Waals surface area contributed by atoms with Gasteiger partial charge in [0.2, 0.25) is 0 Å². The van der Waals surface area contributed by atoms with Crippen molar-refractivity contribution in [1.82, 2.24) is 20.2 Å². The monoisotopic (exact) mass is 195 g/mol. The molecule has 1 aromatic heterocycles. The van der Waals surface area contributed by atoms with Crippen LogP contribution in [0, 0.1) is 5.41 Å². The largest absolute Gasteiger partial charge is 0.330 e. The second-order valence-electron chi connectivity index (χ2n) is 4.22. The topological polar surface area (TPSA) is 69.6 Å². The summed E-state index contributed by atoms with van der Waals surface area (Å²) < 4.78 is 1.80. The number of rotatable bonds is 5. The first kappa shape index (κ1) is 9.58. The summed E-state index contributed by atoms with van der Waals surface area (Å²) in [5.74, 6) is 0. The van der Waals surface area contributed by atoms with Crippen LogP contribution in [0.1, 0.15) is 32.1 Å².